The lowest BCUT2D eigenvalue weighted by Crippen LogP contribution is -2.09. The van der Waals surface area contributed by atoms with Gasteiger partial charge < -0.3 is 14.2 Å². The number of Topliss-reactive ketones (excluding diaryl/α,β-unsaturated/α-hetero) is 1. The standard InChI is InChI=1S/C14H20O4/c1-5-17-13-7-11(12(15)9-16-4)8-14(10(13)3)18-6-2/h7-8H,5-6,9H2,1-4H3. The van der Waals surface area contributed by atoms with E-state index in [9.17, 15) is 4.79 Å². The topological polar surface area (TPSA) is 44.8 Å². The first kappa shape index (κ1) is 14.5. The Morgan fingerprint density at radius 2 is 1.61 bits per heavy atom. The van der Waals surface area contributed by atoms with Gasteiger partial charge in [0.05, 0.1) is 13.2 Å². The van der Waals surface area contributed by atoms with Crippen molar-refractivity contribution < 1.29 is 19.0 Å². The lowest BCUT2D eigenvalue weighted by Gasteiger charge is -2.14. The van der Waals surface area contributed by atoms with Gasteiger partial charge in [-0.3, -0.25) is 4.79 Å². The first-order valence-corrected chi connectivity index (χ1v) is 6.06. The lowest BCUT2D eigenvalue weighted by atomic mass is 10.1. The van der Waals surface area contributed by atoms with Crippen LogP contribution in [0.25, 0.3) is 0 Å². The minimum absolute atomic E-state index is 0.0557. The molecule has 0 saturated carbocycles. The summed E-state index contributed by atoms with van der Waals surface area (Å²) in [6, 6.07) is 3.48. The highest BCUT2D eigenvalue weighted by molar-refractivity contribution is 5.98. The highest BCUT2D eigenvalue weighted by Crippen LogP contribution is 2.30. The summed E-state index contributed by atoms with van der Waals surface area (Å²) in [6.07, 6.45) is 0. The highest BCUT2D eigenvalue weighted by Gasteiger charge is 2.13. The normalized spacial score (nSPS) is 10.2. The highest BCUT2D eigenvalue weighted by atomic mass is 16.5. The van der Waals surface area contributed by atoms with Crippen LogP contribution in [0, 0.1) is 6.92 Å². The number of hydrogen-bond donors (Lipinski definition) is 0. The zero-order chi connectivity index (χ0) is 13.5. The van der Waals surface area contributed by atoms with Crippen LogP contribution in [0.15, 0.2) is 12.1 Å². The van der Waals surface area contributed by atoms with E-state index in [0.717, 1.165) is 5.56 Å². The molecule has 0 aliphatic rings. The van der Waals surface area contributed by atoms with E-state index in [2.05, 4.69) is 0 Å². The van der Waals surface area contributed by atoms with Gasteiger partial charge in [0.2, 0.25) is 0 Å². The molecule has 0 unspecified atom stereocenters. The second kappa shape index (κ2) is 7.01. The van der Waals surface area contributed by atoms with Gasteiger partial charge in [-0.15, -0.1) is 0 Å². The number of carbonyl (C=O) groups is 1. The van der Waals surface area contributed by atoms with Gasteiger partial charge in [-0.1, -0.05) is 0 Å². The predicted molar refractivity (Wildman–Crippen MR) is 69.7 cm³/mol. The van der Waals surface area contributed by atoms with Crippen molar-refractivity contribution in [3.8, 4) is 11.5 Å². The van der Waals surface area contributed by atoms with Crippen LogP contribution in [0.1, 0.15) is 29.8 Å². The summed E-state index contributed by atoms with van der Waals surface area (Å²) in [5.41, 5.74) is 1.46. The molecule has 0 fully saturated rings. The third kappa shape index (κ3) is 3.47. The Bertz CT molecular complexity index is 385. The summed E-state index contributed by atoms with van der Waals surface area (Å²) in [4.78, 5) is 11.8. The number of ketones is 1. The first-order chi connectivity index (χ1) is 8.63. The third-order valence-corrected chi connectivity index (χ3v) is 2.51. The molecule has 0 saturated heterocycles. The predicted octanol–water partition coefficient (Wildman–Crippen LogP) is 2.62. The zero-order valence-electron chi connectivity index (χ0n) is 11.4. The molecule has 0 bridgehead atoms. The van der Waals surface area contributed by atoms with Crippen LogP contribution in [0.5, 0.6) is 11.5 Å². The van der Waals surface area contributed by atoms with E-state index in [1.165, 1.54) is 7.11 Å². The summed E-state index contributed by atoms with van der Waals surface area (Å²) in [6.45, 7) is 6.89. The minimum Gasteiger partial charge on any atom is -0.493 e. The fourth-order valence-corrected chi connectivity index (χ4v) is 1.65. The summed E-state index contributed by atoms with van der Waals surface area (Å²) in [5, 5.41) is 0. The molecule has 1 aromatic carbocycles. The largest absolute Gasteiger partial charge is 0.493 e. The Labute approximate surface area is 108 Å². The van der Waals surface area contributed by atoms with Crippen LogP contribution in [-0.4, -0.2) is 32.7 Å². The van der Waals surface area contributed by atoms with Crippen molar-refractivity contribution >= 4 is 5.78 Å². The Kier molecular flexibility index (Phi) is 5.65. The first-order valence-electron chi connectivity index (χ1n) is 6.06. The van der Waals surface area contributed by atoms with Gasteiger partial charge in [0.25, 0.3) is 0 Å². The number of ether oxygens (including phenoxy) is 3. The summed E-state index contributed by atoms with van der Waals surface area (Å²) in [5.74, 6) is 1.28. The SMILES string of the molecule is CCOc1cc(C(=O)COC)cc(OCC)c1C. The maximum atomic E-state index is 11.8. The number of benzene rings is 1. The summed E-state index contributed by atoms with van der Waals surface area (Å²) >= 11 is 0. The van der Waals surface area contributed by atoms with Gasteiger partial charge in [-0.05, 0) is 32.9 Å². The average molecular weight is 252 g/mol. The fraction of sp³-hybridized carbons (Fsp3) is 0.500. The van der Waals surface area contributed by atoms with E-state index < -0.39 is 0 Å². The van der Waals surface area contributed by atoms with Crippen molar-refractivity contribution in [2.45, 2.75) is 20.8 Å². The Morgan fingerprint density at radius 1 is 1.11 bits per heavy atom. The number of hydrogen-bond acceptors (Lipinski definition) is 4. The molecular weight excluding hydrogens is 232 g/mol. The molecule has 1 rings (SSSR count). The number of methoxy groups -OCH3 is 1. The quantitative estimate of drug-likeness (QED) is 0.700. The second-order valence-corrected chi connectivity index (χ2v) is 3.82. The molecule has 0 atom stereocenters. The Balaban J connectivity index is 3.15. The molecule has 0 aliphatic heterocycles. The fourth-order valence-electron chi connectivity index (χ4n) is 1.65. The zero-order valence-corrected chi connectivity index (χ0v) is 11.4. The van der Waals surface area contributed by atoms with E-state index in [1.807, 2.05) is 20.8 Å². The van der Waals surface area contributed by atoms with Crippen molar-refractivity contribution in [3.05, 3.63) is 23.3 Å². The average Bonchev–Trinajstić information content (AvgIpc) is 2.34. The van der Waals surface area contributed by atoms with Crippen LogP contribution in [0.4, 0.5) is 0 Å². The van der Waals surface area contributed by atoms with Crippen molar-refractivity contribution in [1.29, 1.82) is 0 Å². The summed E-state index contributed by atoms with van der Waals surface area (Å²) < 4.78 is 15.9. The van der Waals surface area contributed by atoms with Gasteiger partial charge in [0, 0.05) is 18.2 Å². The molecule has 1 aromatic rings. The smallest absolute Gasteiger partial charge is 0.188 e. The van der Waals surface area contributed by atoms with Crippen molar-refractivity contribution in [1.82, 2.24) is 0 Å². The molecule has 0 radical (unpaired) electrons. The monoisotopic (exact) mass is 252 g/mol. The van der Waals surface area contributed by atoms with E-state index in [4.69, 9.17) is 14.2 Å². The molecule has 0 amide bonds. The number of rotatable bonds is 7. The van der Waals surface area contributed by atoms with Crippen LogP contribution in [-0.2, 0) is 4.74 Å². The second-order valence-electron chi connectivity index (χ2n) is 3.82. The molecular formula is C14H20O4. The van der Waals surface area contributed by atoms with Crippen LogP contribution < -0.4 is 9.47 Å². The maximum absolute atomic E-state index is 11.8. The van der Waals surface area contributed by atoms with Crippen LogP contribution in [0.2, 0.25) is 0 Å². The molecule has 18 heavy (non-hydrogen) atoms. The van der Waals surface area contributed by atoms with Crippen LogP contribution in [0.3, 0.4) is 0 Å². The molecule has 0 aromatic heterocycles. The summed E-state index contributed by atoms with van der Waals surface area (Å²) in [7, 11) is 1.50. The molecule has 4 nitrogen and oxygen atoms in total. The van der Waals surface area contributed by atoms with Gasteiger partial charge in [0.1, 0.15) is 18.1 Å². The van der Waals surface area contributed by atoms with E-state index in [0.29, 0.717) is 30.3 Å². The molecule has 4 heteroatoms. The van der Waals surface area contributed by atoms with Crippen LogP contribution >= 0.6 is 0 Å². The molecule has 0 heterocycles. The van der Waals surface area contributed by atoms with Gasteiger partial charge >= 0.3 is 0 Å². The lowest BCUT2D eigenvalue weighted by molar-refractivity contribution is 0.0847. The van der Waals surface area contributed by atoms with E-state index in [1.54, 1.807) is 12.1 Å². The van der Waals surface area contributed by atoms with Gasteiger partial charge in [-0.25, -0.2) is 0 Å². The number of carbonyl (C=O) groups excluding carboxylic acids is 1. The minimum atomic E-state index is -0.0839. The van der Waals surface area contributed by atoms with Crippen molar-refractivity contribution in [3.63, 3.8) is 0 Å². The van der Waals surface area contributed by atoms with Gasteiger partial charge in [-0.2, -0.15) is 0 Å². The van der Waals surface area contributed by atoms with E-state index >= 15 is 0 Å². The Morgan fingerprint density at radius 3 is 2.00 bits per heavy atom. The van der Waals surface area contributed by atoms with Gasteiger partial charge in [0.15, 0.2) is 5.78 Å². The maximum Gasteiger partial charge on any atom is 0.188 e. The van der Waals surface area contributed by atoms with Crippen molar-refractivity contribution in [2.75, 3.05) is 26.9 Å². The van der Waals surface area contributed by atoms with E-state index in [-0.39, 0.29) is 12.4 Å². The molecule has 0 spiro atoms. The molecule has 0 aliphatic carbocycles. The molecule has 0 N–H and O–H groups in total. The molecule has 100 valence electrons. The van der Waals surface area contributed by atoms with Crippen molar-refractivity contribution in [2.24, 2.45) is 0 Å². The Hall–Kier alpha value is -1.55. The third-order valence-electron chi connectivity index (χ3n) is 2.51.